The molecule has 1 aliphatic heterocycles. The van der Waals surface area contributed by atoms with Gasteiger partial charge < -0.3 is 14.8 Å². The number of carbonyl (C=O) groups excluding carboxylic acids is 1. The van der Waals surface area contributed by atoms with Crippen LogP contribution in [0.2, 0.25) is 5.02 Å². The van der Waals surface area contributed by atoms with E-state index < -0.39 is 0 Å². The van der Waals surface area contributed by atoms with Crippen molar-refractivity contribution in [2.45, 2.75) is 19.5 Å². The summed E-state index contributed by atoms with van der Waals surface area (Å²) in [6.07, 6.45) is 0. The minimum Gasteiger partial charge on any atom is -0.497 e. The van der Waals surface area contributed by atoms with Gasteiger partial charge in [0.1, 0.15) is 11.5 Å². The standard InChI is InChI=1S/C22H28ClN3O3/c1-16(22(27)24-19-6-4-5-18(23)14-19)26-11-9-25(10-12-26)15-17-13-20(28-2)7-8-21(17)29-3/h4-8,13-14,16H,9-12,15H2,1-3H3,(H,24,27). The van der Waals surface area contributed by atoms with Crippen LogP contribution in [0.5, 0.6) is 11.5 Å². The molecule has 3 rings (SSSR count). The third kappa shape index (κ3) is 5.63. The van der Waals surface area contributed by atoms with Crippen molar-refractivity contribution in [2.75, 3.05) is 45.7 Å². The van der Waals surface area contributed by atoms with Crippen LogP contribution in [0.15, 0.2) is 42.5 Å². The second kappa shape index (κ2) is 9.96. The van der Waals surface area contributed by atoms with Crippen molar-refractivity contribution in [2.24, 2.45) is 0 Å². The molecule has 2 aromatic rings. The molecule has 0 aliphatic carbocycles. The Morgan fingerprint density at radius 3 is 2.52 bits per heavy atom. The second-order valence-electron chi connectivity index (χ2n) is 7.17. The van der Waals surface area contributed by atoms with Crippen molar-refractivity contribution in [3.63, 3.8) is 0 Å². The molecule has 7 heteroatoms. The van der Waals surface area contributed by atoms with Crippen LogP contribution < -0.4 is 14.8 Å². The number of benzene rings is 2. The SMILES string of the molecule is COc1ccc(OC)c(CN2CCN(C(C)C(=O)Nc3cccc(Cl)c3)CC2)c1. The minimum atomic E-state index is -0.206. The van der Waals surface area contributed by atoms with Gasteiger partial charge in [-0.25, -0.2) is 0 Å². The highest BCUT2D eigenvalue weighted by Gasteiger charge is 2.26. The van der Waals surface area contributed by atoms with Gasteiger partial charge in [0.05, 0.1) is 20.3 Å². The summed E-state index contributed by atoms with van der Waals surface area (Å²) in [6, 6.07) is 12.9. The number of ether oxygens (including phenoxy) is 2. The van der Waals surface area contributed by atoms with Crippen LogP contribution >= 0.6 is 11.6 Å². The van der Waals surface area contributed by atoms with Gasteiger partial charge in [0.25, 0.3) is 0 Å². The number of nitrogens with zero attached hydrogens (tertiary/aromatic N) is 2. The summed E-state index contributed by atoms with van der Waals surface area (Å²) in [5, 5.41) is 3.56. The lowest BCUT2D eigenvalue weighted by atomic mass is 10.1. The highest BCUT2D eigenvalue weighted by atomic mass is 35.5. The maximum absolute atomic E-state index is 12.6. The van der Waals surface area contributed by atoms with E-state index in [1.165, 1.54) is 0 Å². The number of methoxy groups -OCH3 is 2. The fourth-order valence-corrected chi connectivity index (χ4v) is 3.72. The molecule has 1 amide bonds. The van der Waals surface area contributed by atoms with Crippen LogP contribution in [0.3, 0.4) is 0 Å². The summed E-state index contributed by atoms with van der Waals surface area (Å²) >= 11 is 6.00. The molecule has 0 saturated carbocycles. The maximum atomic E-state index is 12.6. The van der Waals surface area contributed by atoms with Gasteiger partial charge in [0.15, 0.2) is 0 Å². The number of piperazine rings is 1. The molecule has 1 saturated heterocycles. The highest BCUT2D eigenvalue weighted by molar-refractivity contribution is 6.30. The van der Waals surface area contributed by atoms with E-state index in [2.05, 4.69) is 15.1 Å². The van der Waals surface area contributed by atoms with E-state index in [0.29, 0.717) is 5.02 Å². The predicted molar refractivity (Wildman–Crippen MR) is 116 cm³/mol. The number of carbonyl (C=O) groups is 1. The van der Waals surface area contributed by atoms with E-state index in [0.717, 1.165) is 55.5 Å². The molecule has 6 nitrogen and oxygen atoms in total. The van der Waals surface area contributed by atoms with Gasteiger partial charge >= 0.3 is 0 Å². The first-order valence-electron chi connectivity index (χ1n) is 9.74. The number of halogens is 1. The summed E-state index contributed by atoms with van der Waals surface area (Å²) in [4.78, 5) is 17.2. The maximum Gasteiger partial charge on any atom is 0.241 e. The number of amides is 1. The predicted octanol–water partition coefficient (Wildman–Crippen LogP) is 3.50. The van der Waals surface area contributed by atoms with Crippen LogP contribution in [-0.4, -0.2) is 62.1 Å². The largest absolute Gasteiger partial charge is 0.497 e. The molecule has 0 spiro atoms. The van der Waals surface area contributed by atoms with Gasteiger partial charge in [-0.3, -0.25) is 14.6 Å². The highest BCUT2D eigenvalue weighted by Crippen LogP contribution is 2.26. The Morgan fingerprint density at radius 2 is 1.86 bits per heavy atom. The van der Waals surface area contributed by atoms with Crippen molar-refractivity contribution in [3.8, 4) is 11.5 Å². The fraction of sp³-hybridized carbons (Fsp3) is 0.409. The van der Waals surface area contributed by atoms with Crippen molar-refractivity contribution < 1.29 is 14.3 Å². The van der Waals surface area contributed by atoms with Crippen LogP contribution in [0.1, 0.15) is 12.5 Å². The smallest absolute Gasteiger partial charge is 0.241 e. The van der Waals surface area contributed by atoms with Crippen molar-refractivity contribution in [1.29, 1.82) is 0 Å². The van der Waals surface area contributed by atoms with Gasteiger partial charge in [-0.15, -0.1) is 0 Å². The lowest BCUT2D eigenvalue weighted by Crippen LogP contribution is -2.52. The Morgan fingerprint density at radius 1 is 1.10 bits per heavy atom. The number of hydrogen-bond acceptors (Lipinski definition) is 5. The lowest BCUT2D eigenvalue weighted by molar-refractivity contribution is -0.121. The summed E-state index contributed by atoms with van der Waals surface area (Å²) in [7, 11) is 3.35. The Hall–Kier alpha value is -2.28. The van der Waals surface area contributed by atoms with Crippen molar-refractivity contribution in [3.05, 3.63) is 53.1 Å². The summed E-state index contributed by atoms with van der Waals surface area (Å²) in [6.45, 7) is 6.16. The fourth-order valence-electron chi connectivity index (χ4n) is 3.53. The first-order valence-corrected chi connectivity index (χ1v) is 10.1. The average Bonchev–Trinajstić information content (AvgIpc) is 2.73. The number of hydrogen-bond donors (Lipinski definition) is 1. The average molecular weight is 418 g/mol. The Kier molecular flexibility index (Phi) is 7.36. The number of anilines is 1. The second-order valence-corrected chi connectivity index (χ2v) is 7.60. The molecular weight excluding hydrogens is 390 g/mol. The molecule has 1 fully saturated rings. The monoisotopic (exact) mass is 417 g/mol. The molecular formula is C22H28ClN3O3. The van der Waals surface area contributed by atoms with Crippen LogP contribution in [-0.2, 0) is 11.3 Å². The molecule has 1 atom stereocenters. The molecule has 1 aliphatic rings. The molecule has 0 radical (unpaired) electrons. The van der Waals surface area contributed by atoms with E-state index in [9.17, 15) is 4.79 Å². The van der Waals surface area contributed by atoms with Gasteiger partial charge in [-0.2, -0.15) is 0 Å². The molecule has 0 bridgehead atoms. The van der Waals surface area contributed by atoms with Gasteiger partial charge in [-0.1, -0.05) is 17.7 Å². The zero-order valence-corrected chi connectivity index (χ0v) is 17.9. The normalized spacial score (nSPS) is 16.3. The van der Waals surface area contributed by atoms with Gasteiger partial charge in [0, 0.05) is 49.0 Å². The topological polar surface area (TPSA) is 54.0 Å². The zero-order valence-electron chi connectivity index (χ0n) is 17.2. The molecule has 1 N–H and O–H groups in total. The Labute approximate surface area is 177 Å². The molecule has 29 heavy (non-hydrogen) atoms. The molecule has 1 unspecified atom stereocenters. The quantitative estimate of drug-likeness (QED) is 0.747. The minimum absolute atomic E-state index is 0.0184. The van der Waals surface area contributed by atoms with E-state index in [-0.39, 0.29) is 11.9 Å². The van der Waals surface area contributed by atoms with Crippen molar-refractivity contribution >= 4 is 23.2 Å². The Balaban J connectivity index is 1.54. The third-order valence-electron chi connectivity index (χ3n) is 5.31. The van der Waals surface area contributed by atoms with E-state index in [1.807, 2.05) is 37.3 Å². The van der Waals surface area contributed by atoms with Crippen LogP contribution in [0.25, 0.3) is 0 Å². The van der Waals surface area contributed by atoms with E-state index in [4.69, 9.17) is 21.1 Å². The van der Waals surface area contributed by atoms with Gasteiger partial charge in [-0.05, 0) is 43.3 Å². The third-order valence-corrected chi connectivity index (χ3v) is 5.54. The zero-order chi connectivity index (χ0) is 20.8. The number of nitrogens with one attached hydrogen (secondary N) is 1. The molecule has 0 aromatic heterocycles. The van der Waals surface area contributed by atoms with E-state index in [1.54, 1.807) is 26.4 Å². The number of rotatable bonds is 7. The van der Waals surface area contributed by atoms with Crippen LogP contribution in [0, 0.1) is 0 Å². The Bertz CT molecular complexity index is 838. The first kappa shape index (κ1) is 21.4. The lowest BCUT2D eigenvalue weighted by Gasteiger charge is -2.37. The summed E-state index contributed by atoms with van der Waals surface area (Å²) in [5.74, 6) is 1.67. The molecule has 1 heterocycles. The van der Waals surface area contributed by atoms with Crippen molar-refractivity contribution in [1.82, 2.24) is 9.80 Å². The summed E-state index contributed by atoms with van der Waals surface area (Å²) < 4.78 is 10.8. The molecule has 156 valence electrons. The summed E-state index contributed by atoms with van der Waals surface area (Å²) in [5.41, 5.74) is 1.82. The van der Waals surface area contributed by atoms with E-state index >= 15 is 0 Å². The van der Waals surface area contributed by atoms with Gasteiger partial charge in [0.2, 0.25) is 5.91 Å². The first-order chi connectivity index (χ1) is 14.0. The van der Waals surface area contributed by atoms with Crippen LogP contribution in [0.4, 0.5) is 5.69 Å². The molecule has 2 aromatic carbocycles.